The van der Waals surface area contributed by atoms with Crippen molar-refractivity contribution in [3.05, 3.63) is 93.8 Å². The summed E-state index contributed by atoms with van der Waals surface area (Å²) in [6, 6.07) is 15.7. The number of hydrogen-bond donors (Lipinski definition) is 2. The van der Waals surface area contributed by atoms with E-state index >= 15 is 0 Å². The molecule has 1 atom stereocenters. The third kappa shape index (κ3) is 3.98. The molecule has 35 heavy (non-hydrogen) atoms. The smallest absolute Gasteiger partial charge is 0.263 e. The molecule has 0 amide bonds. The molecule has 8 nitrogen and oxygen atoms in total. The van der Waals surface area contributed by atoms with Crippen molar-refractivity contribution in [3.8, 4) is 5.69 Å². The van der Waals surface area contributed by atoms with Crippen LogP contribution in [-0.4, -0.2) is 35.5 Å². The highest BCUT2D eigenvalue weighted by Gasteiger charge is 2.18. The number of aryl methyl sites for hydroxylation is 2. The van der Waals surface area contributed by atoms with E-state index in [9.17, 15) is 9.90 Å². The molecule has 5 rings (SSSR count). The van der Waals surface area contributed by atoms with Crippen LogP contribution < -0.4 is 11.3 Å². The Kier molecular flexibility index (Phi) is 5.66. The number of anilines is 1. The molecule has 0 fully saturated rings. The van der Waals surface area contributed by atoms with Crippen LogP contribution in [0, 0.1) is 13.8 Å². The molecule has 176 valence electrons. The summed E-state index contributed by atoms with van der Waals surface area (Å²) in [6.07, 6.45) is 4.09. The van der Waals surface area contributed by atoms with Crippen LogP contribution in [0.2, 0.25) is 0 Å². The van der Waals surface area contributed by atoms with E-state index in [0.29, 0.717) is 27.9 Å². The summed E-state index contributed by atoms with van der Waals surface area (Å²) in [7, 11) is 0. The summed E-state index contributed by atoms with van der Waals surface area (Å²) in [5.74, 6) is 0.303. The number of aromatic nitrogens is 5. The molecule has 3 heterocycles. The number of rotatable bonds is 5. The molecule has 0 radical (unpaired) electrons. The molecule has 0 saturated carbocycles. The quantitative estimate of drug-likeness (QED) is 0.408. The van der Waals surface area contributed by atoms with Crippen molar-refractivity contribution in [2.75, 3.05) is 5.73 Å². The van der Waals surface area contributed by atoms with Gasteiger partial charge in [-0.05, 0) is 55.5 Å². The number of nitrogens with zero attached hydrogens (tertiary/aromatic N) is 5. The first-order chi connectivity index (χ1) is 16.8. The van der Waals surface area contributed by atoms with Gasteiger partial charge in [0.2, 0.25) is 0 Å². The fraction of sp³-hybridized carbons (Fsp3) is 0.185. The molecule has 0 aliphatic carbocycles. The number of hydrogen-bond acceptors (Lipinski definition) is 6. The topological polar surface area (TPSA) is 112 Å². The minimum absolute atomic E-state index is 0.0790. The van der Waals surface area contributed by atoms with Gasteiger partial charge in [-0.15, -0.1) is 0 Å². The van der Waals surface area contributed by atoms with E-state index in [1.807, 2.05) is 62.4 Å². The largest absolute Gasteiger partial charge is 0.389 e. The maximum Gasteiger partial charge on any atom is 0.263 e. The Hall–Kier alpha value is -4.30. The molecular formula is C27H26N6O2. The highest BCUT2D eigenvalue weighted by atomic mass is 16.3. The van der Waals surface area contributed by atoms with E-state index in [0.717, 1.165) is 27.9 Å². The van der Waals surface area contributed by atoms with Crippen molar-refractivity contribution in [2.24, 2.45) is 0 Å². The third-order valence-electron chi connectivity index (χ3n) is 6.12. The minimum Gasteiger partial charge on any atom is -0.389 e. The number of aliphatic hydroxyl groups is 1. The lowest BCUT2D eigenvalue weighted by Gasteiger charge is -2.17. The van der Waals surface area contributed by atoms with E-state index in [2.05, 4.69) is 9.97 Å². The monoisotopic (exact) mass is 466 g/mol. The average molecular weight is 467 g/mol. The Bertz CT molecular complexity index is 1660. The average Bonchev–Trinajstić information content (AvgIpc) is 3.17. The third-order valence-corrected chi connectivity index (χ3v) is 6.12. The molecule has 8 heteroatoms. The molecule has 0 unspecified atom stereocenters. The number of nitrogens with two attached hydrogens (primary N) is 1. The van der Waals surface area contributed by atoms with E-state index in [1.165, 1.54) is 6.33 Å². The first-order valence-electron chi connectivity index (χ1n) is 11.4. The van der Waals surface area contributed by atoms with Gasteiger partial charge in [0.15, 0.2) is 5.65 Å². The van der Waals surface area contributed by atoms with Crippen LogP contribution >= 0.6 is 0 Å². The zero-order valence-electron chi connectivity index (χ0n) is 19.8. The van der Waals surface area contributed by atoms with Crippen LogP contribution in [0.4, 0.5) is 5.82 Å². The summed E-state index contributed by atoms with van der Waals surface area (Å²) in [5, 5.41) is 16.6. The highest BCUT2D eigenvalue weighted by Crippen LogP contribution is 2.25. The summed E-state index contributed by atoms with van der Waals surface area (Å²) in [5.41, 5.74) is 10.7. The summed E-state index contributed by atoms with van der Waals surface area (Å²) >= 11 is 0. The van der Waals surface area contributed by atoms with Gasteiger partial charge in [0.25, 0.3) is 5.56 Å². The van der Waals surface area contributed by atoms with Crippen LogP contribution in [0.5, 0.6) is 0 Å². The van der Waals surface area contributed by atoms with Gasteiger partial charge in [0, 0.05) is 5.69 Å². The molecule has 0 spiro atoms. The number of fused-ring (bicyclic) bond motifs is 2. The van der Waals surface area contributed by atoms with E-state index in [4.69, 9.17) is 10.8 Å². The first-order valence-corrected chi connectivity index (χ1v) is 11.4. The standard InChI is InChI=1S/C27H26N6O2/c1-16-7-4-5-10-22(16)33-20(13-19-9-6-8-17(2)23(19)27(33)35)14-32-26-24(25(28)29-15-30-26)21(31-32)12-11-18(3)34/h4-13,15,18,34H,14H2,1-3H3,(H2,28,29,30)/b12-11-/t18-/m0/s1. The van der Waals surface area contributed by atoms with E-state index in [1.54, 1.807) is 28.3 Å². The number of para-hydroxylation sites is 1. The van der Waals surface area contributed by atoms with E-state index in [-0.39, 0.29) is 12.1 Å². The highest BCUT2D eigenvalue weighted by molar-refractivity contribution is 5.92. The Morgan fingerprint density at radius 1 is 1.06 bits per heavy atom. The number of pyridine rings is 1. The maximum atomic E-state index is 13.9. The number of benzene rings is 2. The van der Waals surface area contributed by atoms with Gasteiger partial charge in [0.05, 0.1) is 34.8 Å². The van der Waals surface area contributed by atoms with Gasteiger partial charge in [-0.25, -0.2) is 14.6 Å². The van der Waals surface area contributed by atoms with Crippen LogP contribution in [0.3, 0.4) is 0 Å². The molecule has 5 aromatic rings. The van der Waals surface area contributed by atoms with Crippen molar-refractivity contribution < 1.29 is 5.11 Å². The lowest BCUT2D eigenvalue weighted by atomic mass is 10.1. The zero-order valence-corrected chi connectivity index (χ0v) is 19.8. The molecular weight excluding hydrogens is 440 g/mol. The van der Waals surface area contributed by atoms with Crippen LogP contribution in [0.25, 0.3) is 33.6 Å². The van der Waals surface area contributed by atoms with Crippen LogP contribution in [0.1, 0.15) is 29.4 Å². The Morgan fingerprint density at radius 3 is 2.60 bits per heavy atom. The van der Waals surface area contributed by atoms with Gasteiger partial charge in [-0.1, -0.05) is 42.5 Å². The van der Waals surface area contributed by atoms with Crippen molar-refractivity contribution in [1.29, 1.82) is 0 Å². The number of nitrogen functional groups attached to an aromatic ring is 1. The van der Waals surface area contributed by atoms with Gasteiger partial charge < -0.3 is 10.8 Å². The molecule has 3 aromatic heterocycles. The lowest BCUT2D eigenvalue weighted by Crippen LogP contribution is -2.25. The van der Waals surface area contributed by atoms with Crippen molar-refractivity contribution >= 4 is 33.7 Å². The fourth-order valence-electron chi connectivity index (χ4n) is 4.45. The van der Waals surface area contributed by atoms with Gasteiger partial charge in [0.1, 0.15) is 12.1 Å². The predicted octanol–water partition coefficient (Wildman–Crippen LogP) is 3.77. The van der Waals surface area contributed by atoms with E-state index < -0.39 is 6.10 Å². The van der Waals surface area contributed by atoms with Gasteiger partial charge >= 0.3 is 0 Å². The fourth-order valence-corrected chi connectivity index (χ4v) is 4.45. The Morgan fingerprint density at radius 2 is 1.83 bits per heavy atom. The van der Waals surface area contributed by atoms with Crippen LogP contribution in [0.15, 0.2) is 65.7 Å². The van der Waals surface area contributed by atoms with Crippen molar-refractivity contribution in [3.63, 3.8) is 0 Å². The second kappa shape index (κ2) is 8.81. The van der Waals surface area contributed by atoms with Crippen LogP contribution in [-0.2, 0) is 6.54 Å². The summed E-state index contributed by atoms with van der Waals surface area (Å²) in [4.78, 5) is 22.4. The molecule has 0 aliphatic heterocycles. The Labute approximate surface area is 202 Å². The minimum atomic E-state index is -0.643. The molecule has 0 bridgehead atoms. The molecule has 0 aliphatic rings. The SMILES string of the molecule is Cc1ccccc1-n1c(Cn2nc(/C=C\[C@H](C)O)c3c(N)ncnc32)cc2cccc(C)c2c1=O. The zero-order chi connectivity index (χ0) is 24.7. The Balaban J connectivity index is 1.78. The predicted molar refractivity (Wildman–Crippen MR) is 139 cm³/mol. The molecule has 3 N–H and O–H groups in total. The second-order valence-corrected chi connectivity index (χ2v) is 8.70. The molecule has 0 saturated heterocycles. The second-order valence-electron chi connectivity index (χ2n) is 8.70. The normalized spacial score (nSPS) is 12.7. The van der Waals surface area contributed by atoms with Crippen molar-refractivity contribution in [1.82, 2.24) is 24.3 Å². The van der Waals surface area contributed by atoms with Gasteiger partial charge in [-0.3, -0.25) is 9.36 Å². The maximum absolute atomic E-state index is 13.9. The first kappa shape index (κ1) is 22.5. The summed E-state index contributed by atoms with van der Waals surface area (Å²) in [6.45, 7) is 5.88. The van der Waals surface area contributed by atoms with Gasteiger partial charge in [-0.2, -0.15) is 5.10 Å². The lowest BCUT2D eigenvalue weighted by molar-refractivity contribution is 0.245. The molecule has 2 aromatic carbocycles. The summed E-state index contributed by atoms with van der Waals surface area (Å²) < 4.78 is 3.48. The van der Waals surface area contributed by atoms with Crippen molar-refractivity contribution in [2.45, 2.75) is 33.4 Å². The number of aliphatic hydroxyl groups excluding tert-OH is 1.